The molecule has 0 atom stereocenters. The Kier molecular flexibility index (Phi) is 5.07. The molecule has 2 aliphatic rings. The summed E-state index contributed by atoms with van der Waals surface area (Å²) in [6.07, 6.45) is 7.37. The number of hydrogen-bond acceptors (Lipinski definition) is 4. The number of carbonyl (C=O) groups is 1. The Morgan fingerprint density at radius 2 is 2.11 bits per heavy atom. The lowest BCUT2D eigenvalue weighted by Gasteiger charge is -2.41. The second kappa shape index (κ2) is 7.35. The molecule has 1 fully saturated rings. The topological polar surface area (TPSA) is 73.1 Å². The lowest BCUT2D eigenvalue weighted by molar-refractivity contribution is 0.0943. The zero-order valence-electron chi connectivity index (χ0n) is 14.8. The first-order valence-electron chi connectivity index (χ1n) is 9.21. The Hall–Kier alpha value is -1.74. The minimum atomic E-state index is -2.85. The number of pyridine rings is 1. The molecule has 146 valence electrons. The van der Waals surface area contributed by atoms with Crippen LogP contribution < -0.4 is 15.5 Å². The first-order chi connectivity index (χ1) is 12.9. The first-order valence-corrected chi connectivity index (χ1v) is 10.00. The van der Waals surface area contributed by atoms with Crippen LogP contribution in [0.4, 0.5) is 14.5 Å². The lowest BCUT2D eigenvalue weighted by atomic mass is 9.84. The zero-order valence-corrected chi connectivity index (χ0v) is 16.4. The fourth-order valence-corrected chi connectivity index (χ4v) is 4.39. The van der Waals surface area contributed by atoms with E-state index >= 15 is 0 Å². The van der Waals surface area contributed by atoms with Crippen LogP contribution in [-0.4, -0.2) is 46.5 Å². The molecule has 0 saturated heterocycles. The van der Waals surface area contributed by atoms with Crippen molar-refractivity contribution in [3.63, 3.8) is 0 Å². The van der Waals surface area contributed by atoms with E-state index < -0.39 is 4.83 Å². The summed E-state index contributed by atoms with van der Waals surface area (Å²) in [5.41, 5.74) is 2.34. The number of nitrogens with one attached hydrogen (secondary N) is 3. The lowest BCUT2D eigenvalue weighted by Crippen LogP contribution is -2.50. The molecule has 4 rings (SSSR count). The molecule has 0 aromatic carbocycles. The number of hydrogen-bond donors (Lipinski definition) is 3. The highest BCUT2D eigenvalue weighted by molar-refractivity contribution is 9.10. The summed E-state index contributed by atoms with van der Waals surface area (Å²) >= 11 is 2.36. The Balaban J connectivity index is 1.45. The van der Waals surface area contributed by atoms with Crippen LogP contribution in [0.3, 0.4) is 0 Å². The van der Waals surface area contributed by atoms with Gasteiger partial charge in [-0.1, -0.05) is 0 Å². The van der Waals surface area contributed by atoms with Crippen LogP contribution in [0.1, 0.15) is 36.0 Å². The maximum atomic E-state index is 12.9. The van der Waals surface area contributed by atoms with E-state index in [2.05, 4.69) is 41.4 Å². The molecule has 3 heterocycles. The highest BCUT2D eigenvalue weighted by atomic mass is 79.9. The number of halogens is 3. The van der Waals surface area contributed by atoms with Crippen LogP contribution in [-0.2, 0) is 0 Å². The van der Waals surface area contributed by atoms with Gasteiger partial charge in [-0.25, -0.2) is 4.98 Å². The fraction of sp³-hybridized carbons (Fsp3) is 0.556. The average Bonchev–Trinajstić information content (AvgIpc) is 3.11. The molecular weight excluding hydrogens is 420 g/mol. The smallest absolute Gasteiger partial charge is 0.313 e. The Morgan fingerprint density at radius 1 is 1.33 bits per heavy atom. The molecule has 0 unspecified atom stereocenters. The second-order valence-corrected chi connectivity index (χ2v) is 8.48. The van der Waals surface area contributed by atoms with Gasteiger partial charge in [0.1, 0.15) is 5.65 Å². The highest BCUT2D eigenvalue weighted by Gasteiger charge is 2.33. The van der Waals surface area contributed by atoms with Crippen LogP contribution in [0.25, 0.3) is 11.0 Å². The Morgan fingerprint density at radius 3 is 2.85 bits per heavy atom. The quantitative estimate of drug-likeness (QED) is 0.622. The Labute approximate surface area is 164 Å². The molecule has 2 aromatic heterocycles. The van der Waals surface area contributed by atoms with E-state index in [-0.39, 0.29) is 12.5 Å². The number of amides is 1. The van der Waals surface area contributed by atoms with Crippen molar-refractivity contribution < 1.29 is 13.6 Å². The molecule has 9 heteroatoms. The third-order valence-electron chi connectivity index (χ3n) is 5.52. The van der Waals surface area contributed by atoms with Gasteiger partial charge in [0.25, 0.3) is 5.91 Å². The van der Waals surface area contributed by atoms with Gasteiger partial charge in [-0.05, 0) is 60.1 Å². The monoisotopic (exact) mass is 441 g/mol. The summed E-state index contributed by atoms with van der Waals surface area (Å²) in [5.74, 6) is 0.310. The van der Waals surface area contributed by atoms with Gasteiger partial charge < -0.3 is 20.5 Å². The number of H-pyrrole nitrogens is 1. The van der Waals surface area contributed by atoms with Crippen molar-refractivity contribution in [1.29, 1.82) is 0 Å². The van der Waals surface area contributed by atoms with Crippen LogP contribution in [0, 0.1) is 5.92 Å². The summed E-state index contributed by atoms with van der Waals surface area (Å²) in [7, 11) is 0. The summed E-state index contributed by atoms with van der Waals surface area (Å²) in [6, 6.07) is 2.28. The molecule has 6 nitrogen and oxygen atoms in total. The molecule has 1 amide bonds. The predicted molar refractivity (Wildman–Crippen MR) is 103 cm³/mol. The molecule has 27 heavy (non-hydrogen) atoms. The van der Waals surface area contributed by atoms with Gasteiger partial charge in [-0.15, -0.1) is 0 Å². The average molecular weight is 442 g/mol. The maximum Gasteiger partial charge on any atom is 0.313 e. The normalized spacial score (nSPS) is 23.4. The number of nitrogens with zero attached hydrogens (tertiary/aromatic N) is 2. The minimum Gasteiger partial charge on any atom is -0.350 e. The molecule has 0 radical (unpaired) electrons. The minimum absolute atomic E-state index is 0.0922. The molecule has 0 bridgehead atoms. The van der Waals surface area contributed by atoms with Gasteiger partial charge >= 0.3 is 4.83 Å². The van der Waals surface area contributed by atoms with Gasteiger partial charge in [0.2, 0.25) is 0 Å². The number of aromatic amines is 1. The summed E-state index contributed by atoms with van der Waals surface area (Å²) in [6.45, 7) is 0.740. The van der Waals surface area contributed by atoms with Crippen molar-refractivity contribution in [2.24, 2.45) is 5.92 Å². The molecule has 1 saturated carbocycles. The van der Waals surface area contributed by atoms with Crippen molar-refractivity contribution in [2.45, 2.75) is 36.6 Å². The predicted octanol–water partition coefficient (Wildman–Crippen LogP) is 3.21. The van der Waals surface area contributed by atoms with Crippen molar-refractivity contribution in [1.82, 2.24) is 20.6 Å². The summed E-state index contributed by atoms with van der Waals surface area (Å²) in [4.78, 5) is 19.1. The zero-order chi connectivity index (χ0) is 19.0. The first kappa shape index (κ1) is 18.6. The number of rotatable bonds is 5. The number of carbonyl (C=O) groups excluding carboxylic acids is 1. The van der Waals surface area contributed by atoms with Crippen molar-refractivity contribution in [2.75, 3.05) is 24.7 Å². The number of anilines is 1. The van der Waals surface area contributed by atoms with Crippen molar-refractivity contribution in [3.8, 4) is 0 Å². The second-order valence-electron chi connectivity index (χ2n) is 7.31. The molecule has 2 aromatic rings. The van der Waals surface area contributed by atoms with Crippen molar-refractivity contribution >= 4 is 38.6 Å². The third-order valence-corrected chi connectivity index (χ3v) is 5.80. The van der Waals surface area contributed by atoms with Crippen LogP contribution >= 0.6 is 15.9 Å². The number of aromatic nitrogens is 2. The van der Waals surface area contributed by atoms with Gasteiger partial charge in [0, 0.05) is 23.8 Å². The SMILES string of the molecule is O=C1NCN(C2CCC(CNCC(F)(F)Br)CC2)c2c1cnc1[nH]ccc21. The van der Waals surface area contributed by atoms with Gasteiger partial charge in [-0.3, -0.25) is 4.79 Å². The van der Waals surface area contributed by atoms with E-state index in [1.165, 1.54) is 0 Å². The fourth-order valence-electron chi connectivity index (χ4n) is 4.19. The van der Waals surface area contributed by atoms with E-state index in [4.69, 9.17) is 0 Å². The van der Waals surface area contributed by atoms with E-state index in [0.29, 0.717) is 30.7 Å². The summed E-state index contributed by atoms with van der Waals surface area (Å²) < 4.78 is 25.7. The van der Waals surface area contributed by atoms with Gasteiger partial charge in [0.05, 0.1) is 24.5 Å². The van der Waals surface area contributed by atoms with Crippen LogP contribution in [0.5, 0.6) is 0 Å². The van der Waals surface area contributed by atoms with Gasteiger partial charge in [0.15, 0.2) is 0 Å². The van der Waals surface area contributed by atoms with Crippen LogP contribution in [0.15, 0.2) is 18.5 Å². The molecule has 0 spiro atoms. The number of alkyl halides is 3. The molecule has 3 N–H and O–H groups in total. The third kappa shape index (κ3) is 3.94. The number of fused-ring (bicyclic) bond motifs is 3. The highest BCUT2D eigenvalue weighted by Crippen LogP contribution is 2.37. The van der Waals surface area contributed by atoms with Crippen LogP contribution in [0.2, 0.25) is 0 Å². The standard InChI is InChI=1S/C18H22BrF2N5O/c19-18(20,21)9-22-7-11-1-3-12(4-2-11)26-10-25-17(27)14-8-24-16-13(15(14)26)5-6-23-16/h5-6,8,11-12,22H,1-4,7,9-10H2,(H,23,24)(H,25,27). The molecule has 1 aliphatic heterocycles. The molecule has 1 aliphatic carbocycles. The molecular formula is C18H22BrF2N5O. The maximum absolute atomic E-state index is 12.9. The Bertz CT molecular complexity index is 829. The summed E-state index contributed by atoms with van der Waals surface area (Å²) in [5, 5.41) is 6.76. The van der Waals surface area contributed by atoms with Crippen molar-refractivity contribution in [3.05, 3.63) is 24.0 Å². The van der Waals surface area contributed by atoms with E-state index in [1.54, 1.807) is 6.20 Å². The van der Waals surface area contributed by atoms with E-state index in [1.807, 2.05) is 12.3 Å². The van der Waals surface area contributed by atoms with E-state index in [0.717, 1.165) is 42.4 Å². The van der Waals surface area contributed by atoms with E-state index in [9.17, 15) is 13.6 Å². The largest absolute Gasteiger partial charge is 0.350 e. The van der Waals surface area contributed by atoms with Gasteiger partial charge in [-0.2, -0.15) is 8.78 Å².